The van der Waals surface area contributed by atoms with E-state index in [1.165, 1.54) is 12.1 Å². The maximum absolute atomic E-state index is 12.8. The molecule has 0 bridgehead atoms. The van der Waals surface area contributed by atoms with E-state index in [9.17, 15) is 20.1 Å². The summed E-state index contributed by atoms with van der Waals surface area (Å²) in [6, 6.07) is 7.94. The van der Waals surface area contributed by atoms with E-state index in [1.807, 2.05) is 0 Å². The number of carbonyl (C=O) groups is 1. The van der Waals surface area contributed by atoms with Crippen molar-refractivity contribution in [1.82, 2.24) is 0 Å². The van der Waals surface area contributed by atoms with Gasteiger partial charge in [-0.05, 0) is 35.2 Å². The molecule has 3 aromatic rings. The summed E-state index contributed by atoms with van der Waals surface area (Å²) in [5.74, 6) is -0.0658. The lowest BCUT2D eigenvalue weighted by atomic mass is 9.88. The third-order valence-corrected chi connectivity index (χ3v) is 5.26. The molecule has 0 saturated carbocycles. The molecule has 0 aliphatic carbocycles. The number of aliphatic hydroxyl groups is 1. The zero-order valence-electron chi connectivity index (χ0n) is 14.7. The SMILES string of the molecule is O=C1OC2=C(O)COc3c2c1c(-c1ccc2c(c1)OCO2)c1cc(O)c(O)cc31. The summed E-state index contributed by atoms with van der Waals surface area (Å²) < 4.78 is 21.8. The fourth-order valence-electron chi connectivity index (χ4n) is 4.01. The first kappa shape index (κ1) is 15.9. The summed E-state index contributed by atoms with van der Waals surface area (Å²) in [5, 5.41) is 31.3. The van der Waals surface area contributed by atoms with Gasteiger partial charge in [0.2, 0.25) is 6.79 Å². The molecule has 29 heavy (non-hydrogen) atoms. The Bertz CT molecular complexity index is 1300. The topological polar surface area (TPSA) is 115 Å². The number of hydrogen-bond donors (Lipinski definition) is 3. The van der Waals surface area contributed by atoms with Gasteiger partial charge in [0.25, 0.3) is 0 Å². The van der Waals surface area contributed by atoms with Crippen LogP contribution in [0.5, 0.6) is 28.7 Å². The monoisotopic (exact) mass is 392 g/mol. The van der Waals surface area contributed by atoms with Crippen LogP contribution in [0.2, 0.25) is 0 Å². The highest BCUT2D eigenvalue weighted by Crippen LogP contribution is 2.52. The van der Waals surface area contributed by atoms with Gasteiger partial charge in [-0.15, -0.1) is 0 Å². The van der Waals surface area contributed by atoms with Crippen molar-refractivity contribution in [3.63, 3.8) is 0 Å². The van der Waals surface area contributed by atoms with Crippen molar-refractivity contribution in [2.24, 2.45) is 0 Å². The first-order chi connectivity index (χ1) is 14.0. The van der Waals surface area contributed by atoms with Crippen LogP contribution in [0.15, 0.2) is 36.1 Å². The number of ether oxygens (including phenoxy) is 4. The van der Waals surface area contributed by atoms with Gasteiger partial charge in [0.05, 0.1) is 11.1 Å². The van der Waals surface area contributed by atoms with Crippen LogP contribution in [0.3, 0.4) is 0 Å². The van der Waals surface area contributed by atoms with E-state index in [2.05, 4.69) is 0 Å². The Labute approximate surface area is 162 Å². The van der Waals surface area contributed by atoms with Crippen LogP contribution in [0.1, 0.15) is 15.9 Å². The number of esters is 1. The third-order valence-electron chi connectivity index (χ3n) is 5.26. The molecule has 144 valence electrons. The number of rotatable bonds is 1. The van der Waals surface area contributed by atoms with E-state index >= 15 is 0 Å². The summed E-state index contributed by atoms with van der Waals surface area (Å²) in [5.41, 5.74) is 1.61. The van der Waals surface area contributed by atoms with Crippen molar-refractivity contribution in [2.45, 2.75) is 0 Å². The zero-order chi connectivity index (χ0) is 19.9. The van der Waals surface area contributed by atoms with Crippen molar-refractivity contribution < 1.29 is 39.1 Å². The predicted molar refractivity (Wildman–Crippen MR) is 99.3 cm³/mol. The van der Waals surface area contributed by atoms with Crippen molar-refractivity contribution in [3.05, 3.63) is 47.2 Å². The largest absolute Gasteiger partial charge is 0.505 e. The number of benzene rings is 3. The molecule has 0 unspecified atom stereocenters. The van der Waals surface area contributed by atoms with Crippen LogP contribution in [0.4, 0.5) is 0 Å². The Morgan fingerprint density at radius 1 is 0.793 bits per heavy atom. The summed E-state index contributed by atoms with van der Waals surface area (Å²) in [6.07, 6.45) is 0. The normalized spacial score (nSPS) is 16.1. The van der Waals surface area contributed by atoms with E-state index in [0.717, 1.165) is 0 Å². The maximum Gasteiger partial charge on any atom is 0.345 e. The number of phenols is 2. The molecule has 0 spiro atoms. The molecular weight excluding hydrogens is 380 g/mol. The second-order valence-corrected chi connectivity index (χ2v) is 6.86. The average molecular weight is 392 g/mol. The number of carbonyl (C=O) groups excluding carboxylic acids is 1. The molecule has 0 saturated heterocycles. The van der Waals surface area contributed by atoms with Gasteiger partial charge in [-0.25, -0.2) is 4.79 Å². The fraction of sp³-hybridized carbons (Fsp3) is 0.0952. The summed E-state index contributed by atoms with van der Waals surface area (Å²) >= 11 is 0. The predicted octanol–water partition coefficient (Wildman–Crippen LogP) is 3.44. The highest BCUT2D eigenvalue weighted by Gasteiger charge is 2.40. The second kappa shape index (κ2) is 5.26. The lowest BCUT2D eigenvalue weighted by molar-refractivity contribution is 0.0706. The summed E-state index contributed by atoms with van der Waals surface area (Å²) in [4.78, 5) is 12.8. The number of aliphatic hydroxyl groups excluding tert-OH is 1. The van der Waals surface area contributed by atoms with Crippen LogP contribution in [0.25, 0.3) is 27.7 Å². The van der Waals surface area contributed by atoms with Crippen molar-refractivity contribution in [1.29, 1.82) is 0 Å². The van der Waals surface area contributed by atoms with Gasteiger partial charge in [-0.2, -0.15) is 0 Å². The first-order valence-electron chi connectivity index (χ1n) is 8.76. The minimum absolute atomic E-state index is 0.0442. The maximum atomic E-state index is 12.8. The van der Waals surface area contributed by atoms with Crippen LogP contribution in [0, 0.1) is 0 Å². The molecule has 3 aromatic carbocycles. The minimum Gasteiger partial charge on any atom is -0.505 e. The fourth-order valence-corrected chi connectivity index (χ4v) is 4.01. The van der Waals surface area contributed by atoms with Crippen LogP contribution in [-0.4, -0.2) is 34.7 Å². The van der Waals surface area contributed by atoms with Crippen LogP contribution in [-0.2, 0) is 4.74 Å². The Hall–Kier alpha value is -4.07. The molecule has 0 radical (unpaired) electrons. The van der Waals surface area contributed by atoms with Crippen LogP contribution >= 0.6 is 0 Å². The standard InChI is InChI=1S/C21H12O8/c22-11-4-9-10(5-12(11)23)19-18-17(21(25)29-20(18)13(24)6-26-19)16(9)8-1-2-14-15(3-8)28-7-27-14/h1-5,22-24H,6-7H2. The van der Waals surface area contributed by atoms with Gasteiger partial charge in [-0.3, -0.25) is 0 Å². The van der Waals surface area contributed by atoms with E-state index in [0.29, 0.717) is 44.7 Å². The van der Waals surface area contributed by atoms with Crippen molar-refractivity contribution in [2.75, 3.05) is 13.4 Å². The molecule has 8 heteroatoms. The molecule has 3 aliphatic heterocycles. The molecule has 3 N–H and O–H groups in total. The minimum atomic E-state index is -0.643. The van der Waals surface area contributed by atoms with Gasteiger partial charge in [0.1, 0.15) is 12.4 Å². The highest BCUT2D eigenvalue weighted by molar-refractivity contribution is 6.19. The number of phenolic OH excluding ortho intramolecular Hbond substituents is 2. The van der Waals surface area contributed by atoms with Gasteiger partial charge < -0.3 is 34.3 Å². The van der Waals surface area contributed by atoms with E-state index in [1.54, 1.807) is 18.2 Å². The summed E-state index contributed by atoms with van der Waals surface area (Å²) in [6.45, 7) is -0.0724. The van der Waals surface area contributed by atoms with E-state index < -0.39 is 5.97 Å². The molecule has 6 rings (SSSR count). The van der Waals surface area contributed by atoms with Crippen molar-refractivity contribution >= 4 is 22.5 Å². The molecule has 0 amide bonds. The quantitative estimate of drug-likeness (QED) is 0.426. The smallest absolute Gasteiger partial charge is 0.345 e. The second-order valence-electron chi connectivity index (χ2n) is 6.86. The molecule has 3 heterocycles. The summed E-state index contributed by atoms with van der Waals surface area (Å²) in [7, 11) is 0. The zero-order valence-corrected chi connectivity index (χ0v) is 14.7. The Balaban J connectivity index is 1.79. The number of aromatic hydroxyl groups is 2. The Morgan fingerprint density at radius 3 is 2.38 bits per heavy atom. The third kappa shape index (κ3) is 2.00. The number of hydrogen-bond acceptors (Lipinski definition) is 8. The Morgan fingerprint density at radius 2 is 1.55 bits per heavy atom. The van der Waals surface area contributed by atoms with Gasteiger partial charge >= 0.3 is 5.97 Å². The van der Waals surface area contributed by atoms with Gasteiger partial charge in [0.15, 0.2) is 34.5 Å². The molecule has 0 fully saturated rings. The van der Waals surface area contributed by atoms with Gasteiger partial charge in [0, 0.05) is 10.9 Å². The lowest BCUT2D eigenvalue weighted by Crippen LogP contribution is -2.11. The van der Waals surface area contributed by atoms with Gasteiger partial charge in [-0.1, -0.05) is 6.07 Å². The van der Waals surface area contributed by atoms with E-state index in [4.69, 9.17) is 18.9 Å². The van der Waals surface area contributed by atoms with Crippen LogP contribution < -0.4 is 14.2 Å². The molecular formula is C21H12O8. The Kier molecular flexibility index (Phi) is 2.89. The molecule has 0 aromatic heterocycles. The van der Waals surface area contributed by atoms with E-state index in [-0.39, 0.29) is 42.0 Å². The highest BCUT2D eigenvalue weighted by atomic mass is 16.7. The average Bonchev–Trinajstić information content (AvgIpc) is 3.30. The molecule has 0 atom stereocenters. The first-order valence-corrected chi connectivity index (χ1v) is 8.76. The lowest BCUT2D eigenvalue weighted by Gasteiger charge is -2.21. The molecule has 8 nitrogen and oxygen atoms in total. The molecule has 3 aliphatic rings. The number of fused-ring (bicyclic) bond motifs is 3. The van der Waals surface area contributed by atoms with Crippen molar-refractivity contribution in [3.8, 4) is 39.9 Å².